The molecule has 1 aromatic heterocycles. The maximum atomic E-state index is 5.44. The molecule has 0 bridgehead atoms. The summed E-state index contributed by atoms with van der Waals surface area (Å²) in [6.07, 6.45) is 8.32. The van der Waals surface area contributed by atoms with Crippen molar-refractivity contribution >= 4 is 0 Å². The minimum atomic E-state index is 0.582. The third-order valence-electron chi connectivity index (χ3n) is 4.00. The number of hydrogen-bond acceptors (Lipinski definition) is 2. The first kappa shape index (κ1) is 11.7. The van der Waals surface area contributed by atoms with Gasteiger partial charge in [0.05, 0.1) is 6.26 Å². The molecule has 1 unspecified atom stereocenters. The van der Waals surface area contributed by atoms with Crippen molar-refractivity contribution in [2.45, 2.75) is 45.1 Å². The Labute approximate surface area is 98.4 Å². The van der Waals surface area contributed by atoms with Crippen LogP contribution in [0.4, 0.5) is 0 Å². The van der Waals surface area contributed by atoms with Gasteiger partial charge in [-0.05, 0) is 43.9 Å². The average molecular weight is 221 g/mol. The quantitative estimate of drug-likeness (QED) is 0.844. The van der Waals surface area contributed by atoms with E-state index in [0.717, 1.165) is 24.0 Å². The van der Waals surface area contributed by atoms with Gasteiger partial charge in [-0.2, -0.15) is 0 Å². The fraction of sp³-hybridized carbons (Fsp3) is 0.714. The fourth-order valence-corrected chi connectivity index (χ4v) is 2.84. The van der Waals surface area contributed by atoms with Crippen LogP contribution in [-0.2, 0) is 6.42 Å². The van der Waals surface area contributed by atoms with Crippen LogP contribution in [0.5, 0.6) is 0 Å². The Bertz CT molecular complexity index is 286. The van der Waals surface area contributed by atoms with E-state index in [9.17, 15) is 0 Å². The Kier molecular flexibility index (Phi) is 4.05. The Morgan fingerprint density at radius 3 is 2.69 bits per heavy atom. The zero-order valence-corrected chi connectivity index (χ0v) is 10.4. The zero-order chi connectivity index (χ0) is 11.4. The van der Waals surface area contributed by atoms with E-state index in [1.54, 1.807) is 6.26 Å². The van der Waals surface area contributed by atoms with Crippen molar-refractivity contribution < 1.29 is 4.42 Å². The van der Waals surface area contributed by atoms with E-state index in [-0.39, 0.29) is 0 Å². The highest BCUT2D eigenvalue weighted by molar-refractivity contribution is 5.01. The van der Waals surface area contributed by atoms with Crippen LogP contribution in [0.25, 0.3) is 0 Å². The largest absolute Gasteiger partial charge is 0.469 e. The normalized spacial score (nSPS) is 27.9. The highest BCUT2D eigenvalue weighted by Crippen LogP contribution is 2.31. The molecular weight excluding hydrogens is 198 g/mol. The minimum Gasteiger partial charge on any atom is -0.469 e. The highest BCUT2D eigenvalue weighted by atomic mass is 16.3. The molecule has 1 heterocycles. The second-order valence-electron chi connectivity index (χ2n) is 5.20. The van der Waals surface area contributed by atoms with Crippen molar-refractivity contribution in [3.8, 4) is 0 Å². The summed E-state index contributed by atoms with van der Waals surface area (Å²) >= 11 is 0. The van der Waals surface area contributed by atoms with E-state index in [4.69, 9.17) is 4.42 Å². The molecular formula is C14H23NO. The van der Waals surface area contributed by atoms with Crippen molar-refractivity contribution in [3.05, 3.63) is 24.2 Å². The van der Waals surface area contributed by atoms with E-state index in [0.29, 0.717) is 6.04 Å². The molecule has 1 fully saturated rings. The summed E-state index contributed by atoms with van der Waals surface area (Å²) in [6.45, 7) is 2.37. The van der Waals surface area contributed by atoms with Gasteiger partial charge >= 0.3 is 0 Å². The van der Waals surface area contributed by atoms with E-state index < -0.39 is 0 Å². The van der Waals surface area contributed by atoms with Crippen molar-refractivity contribution in [2.75, 3.05) is 7.05 Å². The lowest BCUT2D eigenvalue weighted by Gasteiger charge is -2.32. The third-order valence-corrected chi connectivity index (χ3v) is 4.00. The van der Waals surface area contributed by atoms with Gasteiger partial charge in [-0.25, -0.2) is 0 Å². The second-order valence-corrected chi connectivity index (χ2v) is 5.20. The molecule has 0 radical (unpaired) electrons. The lowest BCUT2D eigenvalue weighted by molar-refractivity contribution is 0.230. The predicted octanol–water partition coefficient (Wildman–Crippen LogP) is 3.24. The highest BCUT2D eigenvalue weighted by Gasteiger charge is 2.25. The van der Waals surface area contributed by atoms with Crippen LogP contribution < -0.4 is 5.32 Å². The Morgan fingerprint density at radius 1 is 1.38 bits per heavy atom. The fourth-order valence-electron chi connectivity index (χ4n) is 2.84. The zero-order valence-electron chi connectivity index (χ0n) is 10.4. The molecule has 0 amide bonds. The first-order chi connectivity index (χ1) is 7.79. The number of furan rings is 1. The summed E-state index contributed by atoms with van der Waals surface area (Å²) in [5.74, 6) is 2.86. The number of hydrogen-bond donors (Lipinski definition) is 1. The molecule has 1 aliphatic carbocycles. The standard InChI is InChI=1S/C14H23NO/c1-11-5-7-12(8-6-11)14(15-2)10-13-4-3-9-16-13/h3-4,9,11-12,14-15H,5-8,10H2,1-2H3. The molecule has 0 saturated heterocycles. The Morgan fingerprint density at radius 2 is 2.12 bits per heavy atom. The molecule has 1 atom stereocenters. The van der Waals surface area contributed by atoms with E-state index in [2.05, 4.69) is 25.4 Å². The van der Waals surface area contributed by atoms with Gasteiger partial charge in [-0.15, -0.1) is 0 Å². The maximum Gasteiger partial charge on any atom is 0.105 e. The summed E-state index contributed by atoms with van der Waals surface area (Å²) in [5, 5.41) is 3.46. The topological polar surface area (TPSA) is 25.2 Å². The summed E-state index contributed by atoms with van der Waals surface area (Å²) in [4.78, 5) is 0. The van der Waals surface area contributed by atoms with Gasteiger partial charge in [-0.3, -0.25) is 0 Å². The van der Waals surface area contributed by atoms with Gasteiger partial charge in [0, 0.05) is 12.5 Å². The van der Waals surface area contributed by atoms with Crippen molar-refractivity contribution in [2.24, 2.45) is 11.8 Å². The Hall–Kier alpha value is -0.760. The van der Waals surface area contributed by atoms with E-state index in [1.807, 2.05) is 6.07 Å². The summed E-state index contributed by atoms with van der Waals surface area (Å²) in [7, 11) is 2.08. The molecule has 1 saturated carbocycles. The number of rotatable bonds is 4. The van der Waals surface area contributed by atoms with Gasteiger partial charge in [-0.1, -0.05) is 19.8 Å². The molecule has 2 nitrogen and oxygen atoms in total. The summed E-state index contributed by atoms with van der Waals surface area (Å²) in [6, 6.07) is 4.64. The average Bonchev–Trinajstić information content (AvgIpc) is 2.80. The molecule has 16 heavy (non-hydrogen) atoms. The smallest absolute Gasteiger partial charge is 0.105 e. The molecule has 0 aliphatic heterocycles. The molecule has 2 heteroatoms. The third kappa shape index (κ3) is 2.88. The summed E-state index contributed by atoms with van der Waals surface area (Å²) in [5.41, 5.74) is 0. The first-order valence-electron chi connectivity index (χ1n) is 6.49. The molecule has 2 rings (SSSR count). The van der Waals surface area contributed by atoms with Crippen LogP contribution in [0.2, 0.25) is 0 Å². The lowest BCUT2D eigenvalue weighted by Crippen LogP contribution is -2.37. The van der Waals surface area contributed by atoms with Crippen LogP contribution in [0.1, 0.15) is 38.4 Å². The molecule has 0 aromatic carbocycles. The summed E-state index contributed by atoms with van der Waals surface area (Å²) < 4.78 is 5.44. The molecule has 1 aromatic rings. The molecule has 90 valence electrons. The van der Waals surface area contributed by atoms with Gasteiger partial charge in [0.15, 0.2) is 0 Å². The predicted molar refractivity (Wildman–Crippen MR) is 66.4 cm³/mol. The SMILES string of the molecule is CNC(Cc1ccco1)C1CCC(C)CC1. The van der Waals surface area contributed by atoms with Crippen LogP contribution >= 0.6 is 0 Å². The first-order valence-corrected chi connectivity index (χ1v) is 6.49. The van der Waals surface area contributed by atoms with Gasteiger partial charge in [0.1, 0.15) is 5.76 Å². The Balaban J connectivity index is 1.89. The molecule has 1 aliphatic rings. The second kappa shape index (κ2) is 5.53. The van der Waals surface area contributed by atoms with Crippen LogP contribution in [0.3, 0.4) is 0 Å². The molecule has 0 spiro atoms. The number of nitrogens with one attached hydrogen (secondary N) is 1. The van der Waals surface area contributed by atoms with Crippen molar-refractivity contribution in [1.29, 1.82) is 0 Å². The van der Waals surface area contributed by atoms with Gasteiger partial charge in [0.25, 0.3) is 0 Å². The maximum absolute atomic E-state index is 5.44. The van der Waals surface area contributed by atoms with Crippen molar-refractivity contribution in [3.63, 3.8) is 0 Å². The van der Waals surface area contributed by atoms with Crippen LogP contribution in [-0.4, -0.2) is 13.1 Å². The van der Waals surface area contributed by atoms with Gasteiger partial charge in [0.2, 0.25) is 0 Å². The van der Waals surface area contributed by atoms with E-state index >= 15 is 0 Å². The minimum absolute atomic E-state index is 0.582. The van der Waals surface area contributed by atoms with Crippen molar-refractivity contribution in [1.82, 2.24) is 5.32 Å². The van der Waals surface area contributed by atoms with Crippen LogP contribution in [0.15, 0.2) is 22.8 Å². The van der Waals surface area contributed by atoms with Crippen LogP contribution in [0, 0.1) is 11.8 Å². The van der Waals surface area contributed by atoms with E-state index in [1.165, 1.54) is 25.7 Å². The lowest BCUT2D eigenvalue weighted by atomic mass is 9.78. The molecule has 1 N–H and O–H groups in total. The van der Waals surface area contributed by atoms with Gasteiger partial charge < -0.3 is 9.73 Å². The monoisotopic (exact) mass is 221 g/mol. The number of likely N-dealkylation sites (N-methyl/N-ethyl adjacent to an activating group) is 1.